The Kier molecular flexibility index (Phi) is 5.86. The maximum Gasteiger partial charge on any atom is 0.280 e. The Morgan fingerprint density at radius 1 is 1.16 bits per heavy atom. The number of nitrogens with one attached hydrogen (secondary N) is 2. The van der Waals surface area contributed by atoms with Crippen molar-refractivity contribution in [2.24, 2.45) is 5.92 Å². The third-order valence-corrected chi connectivity index (χ3v) is 10.6. The summed E-state index contributed by atoms with van der Waals surface area (Å²) in [7, 11) is 2.06. The van der Waals surface area contributed by atoms with Crippen molar-refractivity contribution in [2.75, 3.05) is 20.1 Å². The topological polar surface area (TPSA) is 118 Å². The number of carbonyl (C=O) groups is 3. The van der Waals surface area contributed by atoms with E-state index in [1.54, 1.807) is 4.90 Å². The highest BCUT2D eigenvalue weighted by atomic mass is 16.7. The lowest BCUT2D eigenvalue weighted by atomic mass is 9.72. The Morgan fingerprint density at radius 3 is 2.79 bits per heavy atom. The molecule has 8 rings (SSSR count). The zero-order valence-electron chi connectivity index (χ0n) is 24.5. The molecule has 7 atom stereocenters. The number of nitrogens with zero attached hydrogens (tertiary/aromatic N) is 3. The fourth-order valence-electron chi connectivity index (χ4n) is 8.65. The predicted octanol–water partition coefficient (Wildman–Crippen LogP) is 2.08. The van der Waals surface area contributed by atoms with Crippen molar-refractivity contribution in [3.8, 4) is 0 Å². The van der Waals surface area contributed by atoms with E-state index in [0.717, 1.165) is 17.5 Å². The minimum atomic E-state index is -2.03. The standard InChI is InChI=1S/C33H37N5O5/c1-32(35-29(39)21-15-23-22-10-6-11-24-28(22)20(17-34-24)16-25(23)36(2)18-21)31(41)38-26(14-19-8-4-3-5-9-19)30(40)37-13-7-12-27(37)33(38,42)43-32/h3-6,8-11,17,21,23,25-27,34,42H,7,12-16,18H2,1-2H3,(H,35,39)/t21-,23+,25-,26?,27?,32+,33+/m1/s1. The van der Waals surface area contributed by atoms with Crippen LogP contribution >= 0.6 is 0 Å². The largest absolute Gasteiger partial charge is 0.361 e. The van der Waals surface area contributed by atoms with E-state index in [1.807, 2.05) is 30.3 Å². The molecule has 4 aliphatic heterocycles. The molecule has 224 valence electrons. The highest BCUT2D eigenvalue weighted by Crippen LogP contribution is 2.47. The number of likely N-dealkylation sites (N-methyl/N-ethyl adjacent to an activating group) is 1. The number of piperazine rings is 1. The first kappa shape index (κ1) is 26.9. The van der Waals surface area contributed by atoms with Crippen LogP contribution in [0.5, 0.6) is 0 Å². The molecule has 4 saturated heterocycles. The molecule has 43 heavy (non-hydrogen) atoms. The SMILES string of the molecule is CN1C[C@H](C(=O)N[C@@]2(C)O[C@@]3(O)C4CCCN4C(=O)C(Cc4ccccc4)N3C2=O)C[C@H]2c3cccc4[nH]cc(c34)C[C@H]21. The third-order valence-electron chi connectivity index (χ3n) is 10.6. The lowest BCUT2D eigenvalue weighted by Gasteiger charge is -2.48. The van der Waals surface area contributed by atoms with E-state index in [-0.39, 0.29) is 36.1 Å². The summed E-state index contributed by atoms with van der Waals surface area (Å²) >= 11 is 0. The molecule has 3 amide bonds. The predicted molar refractivity (Wildman–Crippen MR) is 157 cm³/mol. The molecule has 2 aromatic carbocycles. The van der Waals surface area contributed by atoms with Crippen LogP contribution in [0.4, 0.5) is 0 Å². The fraction of sp³-hybridized carbons (Fsp3) is 0.485. The van der Waals surface area contributed by atoms with E-state index >= 15 is 0 Å². The van der Waals surface area contributed by atoms with E-state index < -0.39 is 29.6 Å². The van der Waals surface area contributed by atoms with E-state index in [0.29, 0.717) is 32.4 Å². The van der Waals surface area contributed by atoms with Gasteiger partial charge in [-0.3, -0.25) is 24.0 Å². The molecule has 2 unspecified atom stereocenters. The molecule has 4 fully saturated rings. The number of hydrogen-bond acceptors (Lipinski definition) is 6. The quantitative estimate of drug-likeness (QED) is 0.433. The third kappa shape index (κ3) is 3.86. The Hall–Kier alpha value is -3.73. The minimum Gasteiger partial charge on any atom is -0.361 e. The zero-order valence-corrected chi connectivity index (χ0v) is 24.5. The van der Waals surface area contributed by atoms with Crippen molar-refractivity contribution in [3.63, 3.8) is 0 Å². The van der Waals surface area contributed by atoms with Crippen LogP contribution in [0.2, 0.25) is 0 Å². The molecule has 10 nitrogen and oxygen atoms in total. The van der Waals surface area contributed by atoms with Gasteiger partial charge in [0.25, 0.3) is 11.8 Å². The van der Waals surface area contributed by atoms with Crippen LogP contribution in [0, 0.1) is 5.92 Å². The summed E-state index contributed by atoms with van der Waals surface area (Å²) in [6, 6.07) is 14.4. The number of rotatable bonds is 4. The molecule has 1 aromatic heterocycles. The Balaban J connectivity index is 1.08. The maximum absolute atomic E-state index is 14.2. The molecule has 3 aromatic rings. The molecule has 0 radical (unpaired) electrons. The van der Waals surface area contributed by atoms with Gasteiger partial charge in [-0.1, -0.05) is 42.5 Å². The smallest absolute Gasteiger partial charge is 0.280 e. The van der Waals surface area contributed by atoms with Gasteiger partial charge in [-0.2, -0.15) is 0 Å². The Labute approximate surface area is 250 Å². The van der Waals surface area contributed by atoms with E-state index in [9.17, 15) is 19.5 Å². The fourth-order valence-corrected chi connectivity index (χ4v) is 8.65. The number of H-pyrrole nitrogens is 1. The first-order valence-electron chi connectivity index (χ1n) is 15.4. The van der Waals surface area contributed by atoms with Crippen LogP contribution in [0.1, 0.15) is 48.8 Å². The molecule has 0 saturated carbocycles. The monoisotopic (exact) mass is 583 g/mol. The van der Waals surface area contributed by atoms with E-state index in [1.165, 1.54) is 28.3 Å². The maximum atomic E-state index is 14.2. The van der Waals surface area contributed by atoms with Crippen molar-refractivity contribution in [1.82, 2.24) is 25.0 Å². The minimum absolute atomic E-state index is 0.171. The summed E-state index contributed by atoms with van der Waals surface area (Å²) in [5, 5.41) is 16.2. The summed E-state index contributed by atoms with van der Waals surface area (Å²) in [6.07, 6.45) is 5.13. The molecular formula is C33H37N5O5. The molecule has 5 heterocycles. The molecule has 0 spiro atoms. The molecule has 1 aliphatic carbocycles. The number of amides is 3. The molecular weight excluding hydrogens is 546 g/mol. The van der Waals surface area contributed by atoms with Gasteiger partial charge in [0.2, 0.25) is 17.5 Å². The van der Waals surface area contributed by atoms with Crippen molar-refractivity contribution >= 4 is 28.6 Å². The number of aliphatic hydroxyl groups is 1. The van der Waals surface area contributed by atoms with Gasteiger partial charge in [-0.05, 0) is 62.4 Å². The average molecular weight is 584 g/mol. The second-order valence-corrected chi connectivity index (χ2v) is 13.2. The van der Waals surface area contributed by atoms with Gasteiger partial charge < -0.3 is 25.2 Å². The summed E-state index contributed by atoms with van der Waals surface area (Å²) in [5.74, 6) is -3.31. The van der Waals surface area contributed by atoms with Gasteiger partial charge in [-0.15, -0.1) is 0 Å². The van der Waals surface area contributed by atoms with Crippen LogP contribution in [-0.2, 0) is 32.0 Å². The summed E-state index contributed by atoms with van der Waals surface area (Å²) in [5.41, 5.74) is 2.74. The van der Waals surface area contributed by atoms with Gasteiger partial charge >= 0.3 is 0 Å². The van der Waals surface area contributed by atoms with E-state index in [2.05, 4.69) is 46.6 Å². The summed E-state index contributed by atoms with van der Waals surface area (Å²) < 4.78 is 6.25. The number of likely N-dealkylation sites (tertiary alicyclic amines) is 1. The highest BCUT2D eigenvalue weighted by molar-refractivity contribution is 5.97. The lowest BCUT2D eigenvalue weighted by molar-refractivity contribution is -0.315. The molecule has 5 aliphatic rings. The van der Waals surface area contributed by atoms with Crippen molar-refractivity contribution in [2.45, 2.75) is 74.7 Å². The van der Waals surface area contributed by atoms with Crippen LogP contribution in [0.3, 0.4) is 0 Å². The summed E-state index contributed by atoms with van der Waals surface area (Å²) in [4.78, 5) is 50.4. The second kappa shape index (κ2) is 9.38. The van der Waals surface area contributed by atoms with Gasteiger partial charge in [0.1, 0.15) is 12.1 Å². The van der Waals surface area contributed by atoms with Crippen LogP contribution in [-0.4, -0.2) is 92.4 Å². The number of aromatic amines is 1. The van der Waals surface area contributed by atoms with Gasteiger partial charge in [0.05, 0.1) is 5.92 Å². The van der Waals surface area contributed by atoms with Crippen molar-refractivity contribution in [3.05, 3.63) is 71.4 Å². The van der Waals surface area contributed by atoms with Gasteiger partial charge in [-0.25, -0.2) is 0 Å². The van der Waals surface area contributed by atoms with Crippen LogP contribution < -0.4 is 5.32 Å². The second-order valence-electron chi connectivity index (χ2n) is 13.2. The Morgan fingerprint density at radius 2 is 1.98 bits per heavy atom. The number of piperidine rings is 1. The lowest BCUT2D eigenvalue weighted by Crippen LogP contribution is -2.71. The van der Waals surface area contributed by atoms with Crippen molar-refractivity contribution < 1.29 is 24.2 Å². The number of aromatic nitrogens is 1. The summed E-state index contributed by atoms with van der Waals surface area (Å²) in [6.45, 7) is 2.56. The number of ether oxygens (including phenoxy) is 1. The molecule has 10 heteroatoms. The van der Waals surface area contributed by atoms with Crippen molar-refractivity contribution in [1.29, 1.82) is 0 Å². The Bertz CT molecular complexity index is 1640. The van der Waals surface area contributed by atoms with E-state index in [4.69, 9.17) is 4.74 Å². The number of hydrogen-bond donors (Lipinski definition) is 3. The first-order valence-corrected chi connectivity index (χ1v) is 15.4. The van der Waals surface area contributed by atoms with Crippen LogP contribution in [0.15, 0.2) is 54.7 Å². The average Bonchev–Trinajstić information content (AvgIpc) is 3.70. The van der Waals surface area contributed by atoms with Gasteiger partial charge in [0.15, 0.2) is 0 Å². The van der Waals surface area contributed by atoms with Gasteiger partial charge in [0, 0.05) is 48.6 Å². The number of fused-ring (bicyclic) bond motifs is 5. The number of benzene rings is 2. The zero-order chi connectivity index (χ0) is 29.7. The highest BCUT2D eigenvalue weighted by Gasteiger charge is 2.70. The first-order chi connectivity index (χ1) is 20.7. The number of carbonyl (C=O) groups excluding carboxylic acids is 3. The normalized spacial score (nSPS) is 35.2. The van der Waals surface area contributed by atoms with Crippen LogP contribution in [0.25, 0.3) is 10.9 Å². The molecule has 3 N–H and O–H groups in total. The molecule has 0 bridgehead atoms.